The minimum Gasteiger partial charge on any atom is -0.357 e. The van der Waals surface area contributed by atoms with E-state index in [1.54, 1.807) is 0 Å². The summed E-state index contributed by atoms with van der Waals surface area (Å²) in [5.41, 5.74) is 1.17. The number of halogens is 2. The maximum Gasteiger partial charge on any atom is 0.191 e. The van der Waals surface area contributed by atoms with Crippen LogP contribution in [0.2, 0.25) is 0 Å². The molecule has 4 nitrogen and oxygen atoms in total. The molecule has 1 aromatic carbocycles. The fourth-order valence-corrected chi connectivity index (χ4v) is 3.01. The molecule has 0 saturated carbocycles. The smallest absolute Gasteiger partial charge is 0.191 e. The number of hydrogen-bond donors (Lipinski definition) is 2. The van der Waals surface area contributed by atoms with Gasteiger partial charge >= 0.3 is 0 Å². The molecular weight excluding hydrogens is 442 g/mol. The van der Waals surface area contributed by atoms with Crippen LogP contribution < -0.4 is 10.6 Å². The van der Waals surface area contributed by atoms with Crippen molar-refractivity contribution >= 4 is 29.9 Å². The van der Waals surface area contributed by atoms with Crippen molar-refractivity contribution in [3.8, 4) is 0 Å². The van der Waals surface area contributed by atoms with Gasteiger partial charge in [-0.3, -0.25) is 9.89 Å². The first-order valence-electron chi connectivity index (χ1n) is 9.34. The quantitative estimate of drug-likeness (QED) is 0.207. The van der Waals surface area contributed by atoms with E-state index >= 15 is 0 Å². The van der Waals surface area contributed by atoms with Crippen LogP contribution in [0, 0.1) is 5.82 Å². The van der Waals surface area contributed by atoms with Crippen molar-refractivity contribution in [2.75, 3.05) is 26.2 Å². The lowest BCUT2D eigenvalue weighted by Crippen LogP contribution is -2.48. The standard InChI is InChI=1S/C20H31FN4.HI/c1-3-5-6-13-23-20(22-4-2)24-19-11-14-25(15-12-19)16-17-7-9-18(21)10-8-17;/h3,5,7-10,19H,4,6,11-16H2,1-2H3,(H2,22,23,24);1H. The minimum absolute atomic E-state index is 0. The van der Waals surface area contributed by atoms with Gasteiger partial charge in [0.2, 0.25) is 0 Å². The molecule has 0 aliphatic carbocycles. The van der Waals surface area contributed by atoms with Gasteiger partial charge in [-0.15, -0.1) is 24.0 Å². The summed E-state index contributed by atoms with van der Waals surface area (Å²) in [6.45, 7) is 8.80. The average Bonchev–Trinajstić information content (AvgIpc) is 2.62. The molecule has 146 valence electrons. The highest BCUT2D eigenvalue weighted by molar-refractivity contribution is 14.0. The monoisotopic (exact) mass is 474 g/mol. The summed E-state index contributed by atoms with van der Waals surface area (Å²) in [5.74, 6) is 0.750. The molecule has 1 aromatic rings. The van der Waals surface area contributed by atoms with Gasteiger partial charge in [-0.2, -0.15) is 0 Å². The van der Waals surface area contributed by atoms with Gasteiger partial charge in [-0.1, -0.05) is 24.3 Å². The third-order valence-corrected chi connectivity index (χ3v) is 4.39. The first-order valence-corrected chi connectivity index (χ1v) is 9.34. The van der Waals surface area contributed by atoms with Crippen molar-refractivity contribution in [2.45, 2.75) is 45.7 Å². The van der Waals surface area contributed by atoms with E-state index in [4.69, 9.17) is 0 Å². The second-order valence-electron chi connectivity index (χ2n) is 6.44. The molecule has 0 radical (unpaired) electrons. The van der Waals surface area contributed by atoms with Crippen molar-refractivity contribution in [1.82, 2.24) is 15.5 Å². The Hall–Kier alpha value is -1.15. The lowest BCUT2D eigenvalue weighted by atomic mass is 10.0. The fourth-order valence-electron chi connectivity index (χ4n) is 3.01. The predicted molar refractivity (Wildman–Crippen MR) is 119 cm³/mol. The maximum absolute atomic E-state index is 13.0. The highest BCUT2D eigenvalue weighted by Gasteiger charge is 2.20. The largest absolute Gasteiger partial charge is 0.357 e. The molecule has 0 atom stereocenters. The highest BCUT2D eigenvalue weighted by Crippen LogP contribution is 2.14. The molecule has 0 unspecified atom stereocenters. The lowest BCUT2D eigenvalue weighted by molar-refractivity contribution is 0.198. The van der Waals surface area contributed by atoms with Gasteiger partial charge in [0, 0.05) is 38.8 Å². The molecule has 0 aromatic heterocycles. The molecule has 0 amide bonds. The van der Waals surface area contributed by atoms with Crippen LogP contribution in [-0.2, 0) is 6.54 Å². The molecule has 1 heterocycles. The van der Waals surface area contributed by atoms with Crippen LogP contribution in [0.15, 0.2) is 41.4 Å². The second kappa shape index (κ2) is 13.1. The van der Waals surface area contributed by atoms with Gasteiger partial charge in [-0.05, 0) is 50.8 Å². The number of nitrogens with one attached hydrogen (secondary N) is 2. The Morgan fingerprint density at radius 2 is 1.96 bits per heavy atom. The van der Waals surface area contributed by atoms with Crippen molar-refractivity contribution in [3.05, 3.63) is 47.8 Å². The Labute approximate surface area is 174 Å². The van der Waals surface area contributed by atoms with Gasteiger partial charge in [0.15, 0.2) is 5.96 Å². The number of rotatable bonds is 7. The number of piperidine rings is 1. The minimum atomic E-state index is -0.170. The maximum atomic E-state index is 13.0. The van der Waals surface area contributed by atoms with E-state index in [0.29, 0.717) is 6.04 Å². The number of likely N-dealkylation sites (tertiary alicyclic amines) is 1. The zero-order valence-electron chi connectivity index (χ0n) is 15.9. The van der Waals surface area contributed by atoms with Gasteiger partial charge in [-0.25, -0.2) is 4.39 Å². The number of guanidine groups is 1. The number of aliphatic imine (C=N–C) groups is 1. The van der Waals surface area contributed by atoms with Gasteiger partial charge in [0.1, 0.15) is 5.82 Å². The SMILES string of the molecule is CC=CCCN=C(NCC)NC1CCN(Cc2ccc(F)cc2)CC1.I. The average molecular weight is 474 g/mol. The highest BCUT2D eigenvalue weighted by atomic mass is 127. The number of nitrogens with zero attached hydrogens (tertiary/aromatic N) is 2. The Morgan fingerprint density at radius 1 is 1.27 bits per heavy atom. The third kappa shape index (κ3) is 8.49. The Morgan fingerprint density at radius 3 is 2.58 bits per heavy atom. The molecule has 1 saturated heterocycles. The van der Waals surface area contributed by atoms with Gasteiger partial charge in [0.25, 0.3) is 0 Å². The number of hydrogen-bond acceptors (Lipinski definition) is 2. The molecular formula is C20H32FIN4. The van der Waals surface area contributed by atoms with Crippen LogP contribution in [0.3, 0.4) is 0 Å². The van der Waals surface area contributed by atoms with E-state index in [2.05, 4.69) is 39.6 Å². The van der Waals surface area contributed by atoms with Crippen LogP contribution in [0.5, 0.6) is 0 Å². The molecule has 0 bridgehead atoms. The summed E-state index contributed by atoms with van der Waals surface area (Å²) in [6.07, 6.45) is 7.37. The van der Waals surface area contributed by atoms with E-state index in [1.807, 2.05) is 19.1 Å². The first-order chi connectivity index (χ1) is 12.2. The first kappa shape index (κ1) is 22.9. The van der Waals surface area contributed by atoms with Crippen LogP contribution in [0.25, 0.3) is 0 Å². The van der Waals surface area contributed by atoms with Crippen molar-refractivity contribution in [2.24, 2.45) is 4.99 Å². The van der Waals surface area contributed by atoms with Gasteiger partial charge in [0.05, 0.1) is 0 Å². The van der Waals surface area contributed by atoms with E-state index in [0.717, 1.165) is 57.9 Å². The summed E-state index contributed by atoms with van der Waals surface area (Å²) in [4.78, 5) is 7.07. The summed E-state index contributed by atoms with van der Waals surface area (Å²) >= 11 is 0. The summed E-state index contributed by atoms with van der Waals surface area (Å²) < 4.78 is 13.0. The molecule has 1 fully saturated rings. The summed E-state index contributed by atoms with van der Waals surface area (Å²) in [7, 11) is 0. The van der Waals surface area contributed by atoms with Crippen molar-refractivity contribution in [1.29, 1.82) is 0 Å². The van der Waals surface area contributed by atoms with Gasteiger partial charge < -0.3 is 10.6 Å². The van der Waals surface area contributed by atoms with Crippen molar-refractivity contribution < 1.29 is 4.39 Å². The van der Waals surface area contributed by atoms with E-state index < -0.39 is 0 Å². The van der Waals surface area contributed by atoms with E-state index in [-0.39, 0.29) is 29.8 Å². The normalized spacial score (nSPS) is 16.5. The molecule has 0 spiro atoms. The second-order valence-corrected chi connectivity index (χ2v) is 6.44. The zero-order chi connectivity index (χ0) is 17.9. The Kier molecular flexibility index (Phi) is 11.5. The molecule has 1 aliphatic heterocycles. The van der Waals surface area contributed by atoms with E-state index in [9.17, 15) is 4.39 Å². The molecule has 6 heteroatoms. The Bertz CT molecular complexity index is 551. The van der Waals surface area contributed by atoms with Crippen LogP contribution in [-0.4, -0.2) is 43.1 Å². The number of allylic oxidation sites excluding steroid dienone is 1. The zero-order valence-corrected chi connectivity index (χ0v) is 18.2. The van der Waals surface area contributed by atoms with Crippen LogP contribution in [0.4, 0.5) is 4.39 Å². The Balaban J connectivity index is 0.00000338. The van der Waals surface area contributed by atoms with Crippen molar-refractivity contribution in [3.63, 3.8) is 0 Å². The molecule has 26 heavy (non-hydrogen) atoms. The molecule has 1 aliphatic rings. The van der Waals surface area contributed by atoms with E-state index in [1.165, 1.54) is 17.7 Å². The summed E-state index contributed by atoms with van der Waals surface area (Å²) in [5, 5.41) is 6.89. The topological polar surface area (TPSA) is 39.7 Å². The lowest BCUT2D eigenvalue weighted by Gasteiger charge is -2.33. The predicted octanol–water partition coefficient (Wildman–Crippen LogP) is 3.93. The molecule has 2 rings (SSSR count). The fraction of sp³-hybridized carbons (Fsp3) is 0.550. The van der Waals surface area contributed by atoms with Crippen LogP contribution in [0.1, 0.15) is 38.7 Å². The summed E-state index contributed by atoms with van der Waals surface area (Å²) in [6, 6.07) is 7.29. The number of benzene rings is 1. The van der Waals surface area contributed by atoms with Crippen LogP contribution >= 0.6 is 24.0 Å². The third-order valence-electron chi connectivity index (χ3n) is 4.39. The molecule has 2 N–H and O–H groups in total.